The molecule has 4 heteroatoms. The number of benzene rings is 4. The van der Waals surface area contributed by atoms with Crippen molar-refractivity contribution in [2.24, 2.45) is 0 Å². The summed E-state index contributed by atoms with van der Waals surface area (Å²) in [6, 6.07) is 45.0. The molecule has 0 aliphatic carbocycles. The quantitative estimate of drug-likeness (QED) is 0.228. The molecule has 0 fully saturated rings. The first-order valence-corrected chi connectivity index (χ1v) is 14.2. The first-order valence-electron chi connectivity index (χ1n) is 13.3. The normalized spacial score (nSPS) is 11.9. The smallest absolute Gasteiger partial charge is 0.0887 e. The van der Waals surface area contributed by atoms with Gasteiger partial charge in [-0.1, -0.05) is 103 Å². The van der Waals surface area contributed by atoms with Gasteiger partial charge in [-0.15, -0.1) is 0 Å². The molecule has 1 aliphatic rings. The third kappa shape index (κ3) is 3.61. The van der Waals surface area contributed by atoms with Crippen LogP contribution in [0.1, 0.15) is 0 Å². The van der Waals surface area contributed by atoms with E-state index in [2.05, 4.69) is 119 Å². The minimum atomic E-state index is 0.858. The lowest BCUT2D eigenvalue weighted by Crippen LogP contribution is -2.00. The molecule has 8 rings (SSSR count). The molecule has 0 N–H and O–H groups in total. The van der Waals surface area contributed by atoms with Crippen molar-refractivity contribution in [1.29, 1.82) is 0 Å². The fraction of sp³-hybridized carbons (Fsp3) is 0. The summed E-state index contributed by atoms with van der Waals surface area (Å²) in [5, 5.41) is 1.23. The van der Waals surface area contributed by atoms with Crippen LogP contribution in [0.15, 0.2) is 150 Å². The number of aromatic nitrogens is 3. The molecule has 0 atom stereocenters. The molecule has 4 heterocycles. The van der Waals surface area contributed by atoms with E-state index in [0.717, 1.165) is 17.1 Å². The molecule has 0 saturated carbocycles. The molecule has 3 aromatic heterocycles. The molecule has 0 unspecified atom stereocenters. The molecule has 0 saturated heterocycles. The van der Waals surface area contributed by atoms with Crippen LogP contribution in [0, 0.1) is 0 Å². The van der Waals surface area contributed by atoms with E-state index in [1.807, 2.05) is 42.4 Å². The van der Waals surface area contributed by atoms with Gasteiger partial charge in [0.05, 0.1) is 34.5 Å². The Balaban J connectivity index is 1.51. The Morgan fingerprint density at radius 2 is 1.23 bits per heavy atom. The Morgan fingerprint density at radius 1 is 0.525 bits per heavy atom. The standard InChI is InChI=1S/C36H23N3S/c1-2-11-24(12-3-1)26-15-10-16-29-34-27-13-4-6-18-32(27)40-33-19-7-5-14-28(33)36(34)39(35(26)29)25-20-21-31(38-23-25)30-17-8-9-22-37-30/h1-23H. The lowest BCUT2D eigenvalue weighted by molar-refractivity contribution is 1.10. The number of fused-ring (bicyclic) bond motifs is 7. The maximum atomic E-state index is 4.90. The number of nitrogens with zero attached hydrogens (tertiary/aromatic N) is 3. The van der Waals surface area contributed by atoms with Crippen LogP contribution in [0.25, 0.3) is 61.5 Å². The lowest BCUT2D eigenvalue weighted by atomic mass is 9.96. The van der Waals surface area contributed by atoms with Gasteiger partial charge in [-0.05, 0) is 47.5 Å². The molecule has 40 heavy (non-hydrogen) atoms. The predicted octanol–water partition coefficient (Wildman–Crippen LogP) is 9.55. The second-order valence-corrected chi connectivity index (χ2v) is 10.9. The minimum absolute atomic E-state index is 0.858. The van der Waals surface area contributed by atoms with Crippen molar-refractivity contribution in [2.75, 3.05) is 0 Å². The Morgan fingerprint density at radius 3 is 2.00 bits per heavy atom. The first-order chi connectivity index (χ1) is 19.9. The molecular weight excluding hydrogens is 506 g/mol. The second kappa shape index (κ2) is 9.37. The van der Waals surface area contributed by atoms with Crippen molar-refractivity contribution in [3.8, 4) is 50.6 Å². The van der Waals surface area contributed by atoms with Crippen molar-refractivity contribution in [3.63, 3.8) is 0 Å². The zero-order valence-corrected chi connectivity index (χ0v) is 22.3. The van der Waals surface area contributed by atoms with Crippen LogP contribution in [-0.2, 0) is 0 Å². The molecule has 0 spiro atoms. The number of pyridine rings is 2. The van der Waals surface area contributed by atoms with E-state index in [1.54, 1.807) is 0 Å². The third-order valence-electron chi connectivity index (χ3n) is 7.53. The fourth-order valence-corrected chi connectivity index (χ4v) is 6.87. The van der Waals surface area contributed by atoms with E-state index in [4.69, 9.17) is 4.98 Å². The molecule has 0 bridgehead atoms. The van der Waals surface area contributed by atoms with Gasteiger partial charge in [-0.25, -0.2) is 0 Å². The topological polar surface area (TPSA) is 30.7 Å². The van der Waals surface area contributed by atoms with E-state index >= 15 is 0 Å². The van der Waals surface area contributed by atoms with Crippen LogP contribution >= 0.6 is 11.8 Å². The molecule has 1 aliphatic heterocycles. The van der Waals surface area contributed by atoms with Crippen molar-refractivity contribution in [3.05, 3.63) is 140 Å². The average molecular weight is 530 g/mol. The molecule has 4 aromatic carbocycles. The van der Waals surface area contributed by atoms with Crippen LogP contribution in [-0.4, -0.2) is 14.5 Å². The van der Waals surface area contributed by atoms with Crippen LogP contribution in [0.4, 0.5) is 0 Å². The van der Waals surface area contributed by atoms with Crippen molar-refractivity contribution < 1.29 is 0 Å². The Bertz CT molecular complexity index is 2010. The summed E-state index contributed by atoms with van der Waals surface area (Å²) in [4.78, 5) is 11.9. The van der Waals surface area contributed by atoms with Crippen LogP contribution in [0.2, 0.25) is 0 Å². The number of hydrogen-bond donors (Lipinski definition) is 0. The zero-order valence-electron chi connectivity index (χ0n) is 21.5. The third-order valence-corrected chi connectivity index (χ3v) is 8.68. The Hall–Kier alpha value is -4.93. The monoisotopic (exact) mass is 529 g/mol. The van der Waals surface area contributed by atoms with Crippen LogP contribution in [0.3, 0.4) is 0 Å². The van der Waals surface area contributed by atoms with Gasteiger partial charge >= 0.3 is 0 Å². The summed E-state index contributed by atoms with van der Waals surface area (Å²) in [5.41, 5.74) is 11.2. The largest absolute Gasteiger partial charge is 0.306 e. The molecule has 0 amide bonds. The van der Waals surface area contributed by atoms with Gasteiger partial charge in [0.2, 0.25) is 0 Å². The number of rotatable bonds is 3. The van der Waals surface area contributed by atoms with Gasteiger partial charge in [0.15, 0.2) is 0 Å². The summed E-state index contributed by atoms with van der Waals surface area (Å²) >= 11 is 1.84. The van der Waals surface area contributed by atoms with Gasteiger partial charge in [-0.3, -0.25) is 9.97 Å². The average Bonchev–Trinajstić information content (AvgIpc) is 3.30. The highest BCUT2D eigenvalue weighted by Crippen LogP contribution is 2.53. The molecule has 0 radical (unpaired) electrons. The van der Waals surface area contributed by atoms with Crippen LogP contribution < -0.4 is 0 Å². The van der Waals surface area contributed by atoms with Crippen LogP contribution in [0.5, 0.6) is 0 Å². The molecule has 188 valence electrons. The van der Waals surface area contributed by atoms with E-state index in [9.17, 15) is 0 Å². The van der Waals surface area contributed by atoms with E-state index in [0.29, 0.717) is 0 Å². The van der Waals surface area contributed by atoms with Gasteiger partial charge in [0, 0.05) is 38.1 Å². The van der Waals surface area contributed by atoms with E-state index < -0.39 is 0 Å². The number of hydrogen-bond acceptors (Lipinski definition) is 3. The van der Waals surface area contributed by atoms with Gasteiger partial charge in [0.1, 0.15) is 0 Å². The van der Waals surface area contributed by atoms with E-state index in [1.165, 1.54) is 54.2 Å². The summed E-state index contributed by atoms with van der Waals surface area (Å²) in [7, 11) is 0. The summed E-state index contributed by atoms with van der Waals surface area (Å²) in [5.74, 6) is 0. The van der Waals surface area contributed by atoms with Gasteiger partial charge in [0.25, 0.3) is 0 Å². The highest BCUT2D eigenvalue weighted by molar-refractivity contribution is 7.99. The molecular formula is C36H23N3S. The maximum Gasteiger partial charge on any atom is 0.0887 e. The lowest BCUT2D eigenvalue weighted by Gasteiger charge is -2.15. The second-order valence-electron chi connectivity index (χ2n) is 9.84. The summed E-state index contributed by atoms with van der Waals surface area (Å²) in [6.07, 6.45) is 3.79. The zero-order chi connectivity index (χ0) is 26.5. The van der Waals surface area contributed by atoms with E-state index in [-0.39, 0.29) is 0 Å². The summed E-state index contributed by atoms with van der Waals surface area (Å²) < 4.78 is 2.42. The molecule has 7 aromatic rings. The predicted molar refractivity (Wildman–Crippen MR) is 165 cm³/mol. The highest BCUT2D eigenvalue weighted by atomic mass is 32.2. The summed E-state index contributed by atoms with van der Waals surface area (Å²) in [6.45, 7) is 0. The van der Waals surface area contributed by atoms with Crippen molar-refractivity contribution in [1.82, 2.24) is 14.5 Å². The fourth-order valence-electron chi connectivity index (χ4n) is 5.79. The molecule has 3 nitrogen and oxygen atoms in total. The number of para-hydroxylation sites is 1. The Labute approximate surface area is 236 Å². The highest BCUT2D eigenvalue weighted by Gasteiger charge is 2.28. The van der Waals surface area contributed by atoms with Crippen molar-refractivity contribution in [2.45, 2.75) is 9.79 Å². The van der Waals surface area contributed by atoms with Gasteiger partial charge in [-0.2, -0.15) is 0 Å². The maximum absolute atomic E-state index is 4.90. The first kappa shape index (κ1) is 23.0. The van der Waals surface area contributed by atoms with Gasteiger partial charge < -0.3 is 4.57 Å². The van der Waals surface area contributed by atoms with Crippen molar-refractivity contribution >= 4 is 22.7 Å². The SMILES string of the molecule is c1ccc(-c2cccc3c4c(n(-c5ccc(-c6ccccn6)nc5)c23)-c2ccccc2Sc2ccccc2-4)cc1. The Kier molecular flexibility index (Phi) is 5.39. The minimum Gasteiger partial charge on any atom is -0.306 e.